The number of nitrogens with one attached hydrogen (secondary N) is 4. The van der Waals surface area contributed by atoms with Crippen LogP contribution in [0.25, 0.3) is 0 Å². The molecule has 18 nitrogen and oxygen atoms in total. The summed E-state index contributed by atoms with van der Waals surface area (Å²) in [4.78, 5) is 100. The Hall–Kier alpha value is -4.32. The van der Waals surface area contributed by atoms with Crippen LogP contribution in [0, 0.1) is 11.8 Å². The summed E-state index contributed by atoms with van der Waals surface area (Å²) in [7, 11) is 0. The molecule has 46 heavy (non-hydrogen) atoms. The molecule has 1 aliphatic heterocycles. The lowest BCUT2D eigenvalue weighted by atomic mass is 9.95. The zero-order valence-electron chi connectivity index (χ0n) is 26.5. The van der Waals surface area contributed by atoms with E-state index >= 15 is 0 Å². The first-order valence-electron chi connectivity index (χ1n) is 14.9. The molecule has 0 aromatic rings. The molecule has 10 N–H and O–H groups in total. The molecule has 1 rings (SSSR count). The Labute approximate surface area is 265 Å². The van der Waals surface area contributed by atoms with Crippen LogP contribution in [0.5, 0.6) is 0 Å². The number of carbonyl (C=O) groups is 8. The number of aliphatic carboxylic acids is 3. The van der Waals surface area contributed by atoms with Gasteiger partial charge in [0.1, 0.15) is 30.2 Å². The van der Waals surface area contributed by atoms with Gasteiger partial charge in [-0.15, -0.1) is 0 Å². The number of carbonyl (C=O) groups excluding carboxylic acids is 5. The van der Waals surface area contributed by atoms with E-state index in [0.717, 1.165) is 0 Å². The number of nitrogens with zero attached hydrogens (tertiary/aromatic N) is 1. The summed E-state index contributed by atoms with van der Waals surface area (Å²) in [6, 6.07) is -8.40. The molecule has 260 valence electrons. The summed E-state index contributed by atoms with van der Waals surface area (Å²) in [6.07, 6.45) is -2.11. The maximum Gasteiger partial charge on any atom is 0.326 e. The normalized spacial score (nSPS) is 19.0. The van der Waals surface area contributed by atoms with Crippen molar-refractivity contribution in [2.75, 3.05) is 6.54 Å². The molecule has 0 unspecified atom stereocenters. The monoisotopic (exact) mass is 658 g/mol. The lowest BCUT2D eigenvalue weighted by Crippen LogP contribution is -2.62. The molecule has 0 spiro atoms. The summed E-state index contributed by atoms with van der Waals surface area (Å²) in [6.45, 7) is 7.95. The van der Waals surface area contributed by atoms with E-state index in [9.17, 15) is 48.6 Å². The fourth-order valence-corrected chi connectivity index (χ4v) is 4.77. The fraction of sp³-hybridized carbons (Fsp3) is 0.714. The van der Waals surface area contributed by atoms with Crippen LogP contribution in [0.4, 0.5) is 0 Å². The number of hydrogen-bond donors (Lipinski definition) is 9. The van der Waals surface area contributed by atoms with Crippen LogP contribution in [-0.4, -0.2) is 122 Å². The van der Waals surface area contributed by atoms with Gasteiger partial charge in [0.05, 0.1) is 25.0 Å². The highest BCUT2D eigenvalue weighted by molar-refractivity contribution is 5.97. The molecule has 1 heterocycles. The maximum atomic E-state index is 13.8. The minimum atomic E-state index is -1.72. The van der Waals surface area contributed by atoms with Crippen LogP contribution >= 0.6 is 0 Å². The Morgan fingerprint density at radius 2 is 1.30 bits per heavy atom. The summed E-state index contributed by atoms with van der Waals surface area (Å²) in [5.74, 6) is -9.65. The molecule has 0 radical (unpaired) electrons. The molecule has 1 fully saturated rings. The first-order valence-corrected chi connectivity index (χ1v) is 14.9. The molecular weight excluding hydrogens is 612 g/mol. The van der Waals surface area contributed by atoms with E-state index in [4.69, 9.17) is 15.9 Å². The van der Waals surface area contributed by atoms with Gasteiger partial charge in [-0.3, -0.25) is 33.6 Å². The summed E-state index contributed by atoms with van der Waals surface area (Å²) < 4.78 is 0. The molecule has 0 aliphatic carbocycles. The second kappa shape index (κ2) is 18.0. The molecule has 8 atom stereocenters. The van der Waals surface area contributed by atoms with Crippen LogP contribution < -0.4 is 27.0 Å². The Bertz CT molecular complexity index is 1160. The Balaban J connectivity index is 3.16. The smallest absolute Gasteiger partial charge is 0.326 e. The average Bonchev–Trinajstić information content (AvgIpc) is 3.45. The van der Waals surface area contributed by atoms with Crippen molar-refractivity contribution in [1.29, 1.82) is 0 Å². The number of carboxylic acid groups (broad SMARTS) is 3. The highest BCUT2D eigenvalue weighted by Crippen LogP contribution is 2.22. The van der Waals surface area contributed by atoms with E-state index in [1.165, 1.54) is 11.8 Å². The van der Waals surface area contributed by atoms with Crippen LogP contribution in [0.1, 0.15) is 66.7 Å². The molecule has 18 heteroatoms. The Morgan fingerprint density at radius 1 is 0.783 bits per heavy atom. The molecule has 0 aromatic carbocycles. The average molecular weight is 659 g/mol. The maximum absolute atomic E-state index is 13.8. The highest BCUT2D eigenvalue weighted by Gasteiger charge is 2.41. The highest BCUT2D eigenvalue weighted by atomic mass is 16.4. The van der Waals surface area contributed by atoms with E-state index in [-0.39, 0.29) is 13.0 Å². The minimum absolute atomic E-state index is 0.112. The lowest BCUT2D eigenvalue weighted by Gasteiger charge is -2.33. The standard InChI is InChI=1S/C28H46N6O12/c1-6-13(4)21(27(44)34-9-7-8-17(34)24(41)30-16(28(45)46)11-19(38)39)32-25(42)20(12(2)3)31-26(43)22(14(5)35)33-23(40)15(29)10-18(36)37/h12-17,20-22,35H,6-11,29H2,1-5H3,(H,30,41)(H,31,43)(H,32,42)(H,33,40)(H,36,37)(H,38,39)(H,45,46)/t13-,14+,15-,16-,17-,20-,21-,22-/m0/s1. The minimum Gasteiger partial charge on any atom is -0.481 e. The topological polar surface area (TPSA) is 295 Å². The third-order valence-electron chi connectivity index (χ3n) is 7.65. The van der Waals surface area contributed by atoms with Crippen LogP contribution in [0.15, 0.2) is 0 Å². The second-order valence-electron chi connectivity index (χ2n) is 11.7. The second-order valence-corrected chi connectivity index (χ2v) is 11.7. The molecule has 5 amide bonds. The largest absolute Gasteiger partial charge is 0.481 e. The van der Waals surface area contributed by atoms with Crippen molar-refractivity contribution in [3.8, 4) is 0 Å². The van der Waals surface area contributed by atoms with E-state index in [1.54, 1.807) is 27.7 Å². The number of likely N-dealkylation sites (tertiary alicyclic amines) is 1. The zero-order chi connectivity index (χ0) is 35.5. The SMILES string of the molecule is CC[C@H](C)[C@H](NC(=O)[C@@H](NC(=O)[C@@H](NC(=O)[C@@H](N)CC(=O)O)[C@@H](C)O)C(C)C)C(=O)N1CCC[C@H]1C(=O)N[C@@H](CC(=O)O)C(=O)O. The quantitative estimate of drug-likeness (QED) is 0.0729. The van der Waals surface area contributed by atoms with E-state index in [0.29, 0.717) is 12.8 Å². The summed E-state index contributed by atoms with van der Waals surface area (Å²) >= 11 is 0. The van der Waals surface area contributed by atoms with Crippen molar-refractivity contribution < 1.29 is 58.8 Å². The third kappa shape index (κ3) is 11.6. The van der Waals surface area contributed by atoms with E-state index in [2.05, 4.69) is 21.3 Å². The third-order valence-corrected chi connectivity index (χ3v) is 7.65. The van der Waals surface area contributed by atoms with Crippen molar-refractivity contribution in [3.05, 3.63) is 0 Å². The summed E-state index contributed by atoms with van der Waals surface area (Å²) in [5, 5.41) is 46.7. The van der Waals surface area contributed by atoms with Crippen molar-refractivity contribution in [1.82, 2.24) is 26.2 Å². The molecule has 0 saturated carbocycles. The number of aliphatic hydroxyl groups is 1. The number of amides is 5. The molecule has 0 aromatic heterocycles. The predicted molar refractivity (Wildman–Crippen MR) is 159 cm³/mol. The Morgan fingerprint density at radius 3 is 1.78 bits per heavy atom. The number of rotatable bonds is 18. The van der Waals surface area contributed by atoms with Gasteiger partial charge >= 0.3 is 17.9 Å². The van der Waals surface area contributed by atoms with Gasteiger partial charge in [0.2, 0.25) is 29.5 Å². The number of nitrogens with two attached hydrogens (primary N) is 1. The van der Waals surface area contributed by atoms with Gasteiger partial charge in [0, 0.05) is 6.54 Å². The Kier molecular flexibility index (Phi) is 15.5. The lowest BCUT2D eigenvalue weighted by molar-refractivity contribution is -0.148. The summed E-state index contributed by atoms with van der Waals surface area (Å²) in [5.41, 5.74) is 5.54. The molecule has 1 aliphatic rings. The molecule has 0 bridgehead atoms. The molecular formula is C28H46N6O12. The van der Waals surface area contributed by atoms with Gasteiger partial charge in [-0.05, 0) is 31.6 Å². The number of carboxylic acids is 3. The van der Waals surface area contributed by atoms with Crippen LogP contribution in [-0.2, 0) is 38.4 Å². The van der Waals surface area contributed by atoms with Crippen molar-refractivity contribution in [2.45, 2.75) is 109 Å². The van der Waals surface area contributed by atoms with E-state index in [1.807, 2.05) is 0 Å². The van der Waals surface area contributed by atoms with Crippen LogP contribution in [0.3, 0.4) is 0 Å². The number of aliphatic hydroxyl groups excluding tert-OH is 1. The van der Waals surface area contributed by atoms with Crippen molar-refractivity contribution >= 4 is 47.4 Å². The van der Waals surface area contributed by atoms with E-state index < -0.39 is 114 Å². The zero-order valence-corrected chi connectivity index (χ0v) is 26.5. The van der Waals surface area contributed by atoms with Gasteiger partial charge < -0.3 is 52.3 Å². The van der Waals surface area contributed by atoms with Crippen molar-refractivity contribution in [3.63, 3.8) is 0 Å². The first kappa shape index (κ1) is 39.7. The van der Waals surface area contributed by atoms with Gasteiger partial charge in [-0.25, -0.2) is 4.79 Å². The number of hydrogen-bond acceptors (Lipinski definition) is 10. The molecule has 1 saturated heterocycles. The van der Waals surface area contributed by atoms with Crippen LogP contribution in [0.2, 0.25) is 0 Å². The van der Waals surface area contributed by atoms with Gasteiger partial charge in [0.15, 0.2) is 0 Å². The first-order chi connectivity index (χ1) is 21.3. The van der Waals surface area contributed by atoms with Gasteiger partial charge in [-0.1, -0.05) is 34.1 Å². The fourth-order valence-electron chi connectivity index (χ4n) is 4.77. The predicted octanol–water partition coefficient (Wildman–Crippen LogP) is -2.64. The van der Waals surface area contributed by atoms with Gasteiger partial charge in [-0.2, -0.15) is 0 Å². The van der Waals surface area contributed by atoms with Gasteiger partial charge in [0.25, 0.3) is 0 Å². The van der Waals surface area contributed by atoms with Crippen molar-refractivity contribution in [2.24, 2.45) is 17.6 Å².